The van der Waals surface area contributed by atoms with Gasteiger partial charge < -0.3 is 10.6 Å². The Hall–Kier alpha value is -3.50. The quantitative estimate of drug-likeness (QED) is 0.695. The molecule has 0 unspecified atom stereocenters. The Bertz CT molecular complexity index is 1050. The minimum absolute atomic E-state index is 0.185. The second kappa shape index (κ2) is 6.83. The fourth-order valence-corrected chi connectivity index (χ4v) is 3.01. The van der Waals surface area contributed by atoms with Crippen LogP contribution in [0.2, 0.25) is 0 Å². The smallest absolute Gasteiger partial charge is 0.354 e. The molecule has 0 radical (unpaired) electrons. The maximum absolute atomic E-state index is 12.7. The van der Waals surface area contributed by atoms with E-state index in [9.17, 15) is 18.0 Å². The number of benzene rings is 1. The van der Waals surface area contributed by atoms with E-state index < -0.39 is 17.3 Å². The molecule has 1 saturated heterocycles. The zero-order valence-electron chi connectivity index (χ0n) is 15.2. The number of amides is 1. The molecule has 3 heterocycles. The molecule has 8 nitrogen and oxygen atoms in total. The first-order valence-electron chi connectivity index (χ1n) is 8.76. The molecule has 0 aliphatic carbocycles. The monoisotopic (exact) mass is 403 g/mol. The third-order valence-electron chi connectivity index (χ3n) is 4.77. The van der Waals surface area contributed by atoms with Gasteiger partial charge in [0.2, 0.25) is 11.7 Å². The summed E-state index contributed by atoms with van der Waals surface area (Å²) in [5, 5.41) is 18.1. The zero-order chi connectivity index (χ0) is 20.6. The molecule has 0 saturated carbocycles. The van der Waals surface area contributed by atoms with Crippen molar-refractivity contribution in [3.05, 3.63) is 48.2 Å². The molecule has 1 aromatic carbocycles. The molecule has 150 valence electrons. The number of anilines is 2. The van der Waals surface area contributed by atoms with Crippen molar-refractivity contribution in [2.75, 3.05) is 11.9 Å². The molecule has 2 N–H and O–H groups in total. The summed E-state index contributed by atoms with van der Waals surface area (Å²) >= 11 is 0. The fraction of sp³-hybridized carbons (Fsp3) is 0.278. The average molecular weight is 403 g/mol. The predicted molar refractivity (Wildman–Crippen MR) is 97.0 cm³/mol. The van der Waals surface area contributed by atoms with Gasteiger partial charge in [0.05, 0.1) is 11.1 Å². The number of hydrogen-bond acceptors (Lipinski definition) is 6. The van der Waals surface area contributed by atoms with Gasteiger partial charge in [-0.3, -0.25) is 4.79 Å². The highest BCUT2D eigenvalue weighted by atomic mass is 19.4. The molecule has 0 bridgehead atoms. The van der Waals surface area contributed by atoms with Crippen LogP contribution in [0.15, 0.2) is 42.6 Å². The van der Waals surface area contributed by atoms with E-state index in [2.05, 4.69) is 31.0 Å². The third kappa shape index (κ3) is 3.50. The van der Waals surface area contributed by atoms with Gasteiger partial charge in [0.1, 0.15) is 5.82 Å². The highest BCUT2D eigenvalue weighted by molar-refractivity contribution is 5.85. The van der Waals surface area contributed by atoms with E-state index in [1.165, 1.54) is 23.1 Å². The number of pyridine rings is 1. The van der Waals surface area contributed by atoms with E-state index in [0.717, 1.165) is 12.1 Å². The Morgan fingerprint density at radius 2 is 1.97 bits per heavy atom. The van der Waals surface area contributed by atoms with Gasteiger partial charge in [0, 0.05) is 24.8 Å². The first-order chi connectivity index (χ1) is 13.8. The highest BCUT2D eigenvalue weighted by Gasteiger charge is 2.42. The molecule has 11 heteroatoms. The molecule has 1 aliphatic rings. The van der Waals surface area contributed by atoms with Crippen molar-refractivity contribution in [1.82, 2.24) is 30.5 Å². The SMILES string of the molecule is C[C@]1(n2nnc(-c3cccnc3Nc3ccc(C(F)(F)F)cc3)n2)CCNC1=O. The second-order valence-electron chi connectivity index (χ2n) is 6.78. The Morgan fingerprint density at radius 3 is 2.62 bits per heavy atom. The normalized spacial score (nSPS) is 19.2. The fourth-order valence-electron chi connectivity index (χ4n) is 3.01. The van der Waals surface area contributed by atoms with Crippen molar-refractivity contribution in [1.29, 1.82) is 0 Å². The molecular formula is C18H16F3N7O. The van der Waals surface area contributed by atoms with Crippen molar-refractivity contribution >= 4 is 17.4 Å². The minimum atomic E-state index is -4.40. The number of hydrogen-bond donors (Lipinski definition) is 2. The van der Waals surface area contributed by atoms with Gasteiger partial charge in [-0.2, -0.15) is 13.2 Å². The molecule has 29 heavy (non-hydrogen) atoms. The largest absolute Gasteiger partial charge is 0.416 e. The Labute approximate surface area is 163 Å². The number of tetrazole rings is 1. The first-order valence-corrected chi connectivity index (χ1v) is 8.76. The van der Waals surface area contributed by atoms with Crippen molar-refractivity contribution in [3.63, 3.8) is 0 Å². The Kier molecular flexibility index (Phi) is 4.44. The van der Waals surface area contributed by atoms with Crippen molar-refractivity contribution < 1.29 is 18.0 Å². The van der Waals surface area contributed by atoms with Gasteiger partial charge in [-0.05, 0) is 48.5 Å². The summed E-state index contributed by atoms with van der Waals surface area (Å²) in [5.41, 5.74) is -0.737. The number of carbonyl (C=O) groups excluding carboxylic acids is 1. The average Bonchev–Trinajstić information content (AvgIpc) is 3.30. The molecule has 3 aromatic rings. The number of nitrogens with zero attached hydrogens (tertiary/aromatic N) is 5. The predicted octanol–water partition coefficient (Wildman–Crippen LogP) is 2.73. The van der Waals surface area contributed by atoms with Crippen molar-refractivity contribution in [2.24, 2.45) is 0 Å². The maximum atomic E-state index is 12.7. The first kappa shape index (κ1) is 18.8. The number of carbonyl (C=O) groups is 1. The van der Waals surface area contributed by atoms with E-state index in [0.29, 0.717) is 30.0 Å². The van der Waals surface area contributed by atoms with Crippen molar-refractivity contribution in [3.8, 4) is 11.4 Å². The van der Waals surface area contributed by atoms with E-state index in [1.54, 1.807) is 19.1 Å². The van der Waals surface area contributed by atoms with Crippen LogP contribution in [0, 0.1) is 0 Å². The Balaban J connectivity index is 1.62. The van der Waals surface area contributed by atoms with Gasteiger partial charge in [-0.15, -0.1) is 15.0 Å². The summed E-state index contributed by atoms with van der Waals surface area (Å²) < 4.78 is 38.2. The van der Waals surface area contributed by atoms with Crippen LogP contribution < -0.4 is 10.6 Å². The Morgan fingerprint density at radius 1 is 1.21 bits per heavy atom. The van der Waals surface area contributed by atoms with Gasteiger partial charge in [0.25, 0.3) is 0 Å². The van der Waals surface area contributed by atoms with E-state index in [1.807, 2.05) is 0 Å². The number of aromatic nitrogens is 5. The summed E-state index contributed by atoms with van der Waals surface area (Å²) in [6.45, 7) is 2.26. The summed E-state index contributed by atoms with van der Waals surface area (Å²) in [6.07, 6.45) is -2.34. The second-order valence-corrected chi connectivity index (χ2v) is 6.78. The number of rotatable bonds is 4. The molecular weight excluding hydrogens is 387 g/mol. The lowest BCUT2D eigenvalue weighted by atomic mass is 10.0. The lowest BCUT2D eigenvalue weighted by molar-refractivity contribution is -0.137. The van der Waals surface area contributed by atoms with Crippen LogP contribution in [0.25, 0.3) is 11.4 Å². The van der Waals surface area contributed by atoms with Crippen LogP contribution in [0.1, 0.15) is 18.9 Å². The summed E-state index contributed by atoms with van der Waals surface area (Å²) in [6, 6.07) is 7.98. The summed E-state index contributed by atoms with van der Waals surface area (Å²) in [5.74, 6) is 0.414. The van der Waals surface area contributed by atoms with Crippen LogP contribution in [0.3, 0.4) is 0 Å². The van der Waals surface area contributed by atoms with Gasteiger partial charge >= 0.3 is 6.18 Å². The van der Waals surface area contributed by atoms with Crippen LogP contribution in [-0.2, 0) is 16.5 Å². The maximum Gasteiger partial charge on any atom is 0.416 e. The van der Waals surface area contributed by atoms with E-state index in [4.69, 9.17) is 0 Å². The molecule has 0 spiro atoms. The zero-order valence-corrected chi connectivity index (χ0v) is 15.2. The standard InChI is InChI=1S/C18H16F3N7O/c1-17(8-10-23-16(17)29)28-26-15(25-27-28)13-3-2-9-22-14(13)24-12-6-4-11(5-7-12)18(19,20)21/h2-7,9H,8,10H2,1H3,(H,22,24)(H,23,29)/t17-/m0/s1. The van der Waals surface area contributed by atoms with Gasteiger partial charge in [0.15, 0.2) is 5.54 Å². The third-order valence-corrected chi connectivity index (χ3v) is 4.77. The lowest BCUT2D eigenvalue weighted by Gasteiger charge is -2.17. The van der Waals surface area contributed by atoms with Crippen LogP contribution in [-0.4, -0.2) is 37.6 Å². The summed E-state index contributed by atoms with van der Waals surface area (Å²) in [7, 11) is 0. The molecule has 1 atom stereocenters. The summed E-state index contributed by atoms with van der Waals surface area (Å²) in [4.78, 5) is 17.6. The van der Waals surface area contributed by atoms with E-state index in [-0.39, 0.29) is 11.7 Å². The molecule has 1 fully saturated rings. The number of alkyl halides is 3. The number of halogens is 3. The van der Waals surface area contributed by atoms with Crippen LogP contribution in [0.4, 0.5) is 24.7 Å². The topological polar surface area (TPSA) is 97.6 Å². The minimum Gasteiger partial charge on any atom is -0.354 e. The molecule has 2 aromatic heterocycles. The molecule has 1 amide bonds. The van der Waals surface area contributed by atoms with Gasteiger partial charge in [-0.25, -0.2) is 4.98 Å². The van der Waals surface area contributed by atoms with Crippen molar-refractivity contribution in [2.45, 2.75) is 25.1 Å². The van der Waals surface area contributed by atoms with Crippen LogP contribution in [0.5, 0.6) is 0 Å². The number of nitrogens with one attached hydrogen (secondary N) is 2. The molecule has 1 aliphatic heterocycles. The lowest BCUT2D eigenvalue weighted by Crippen LogP contribution is -2.40. The highest BCUT2D eigenvalue weighted by Crippen LogP contribution is 2.31. The van der Waals surface area contributed by atoms with Crippen LogP contribution >= 0.6 is 0 Å². The van der Waals surface area contributed by atoms with E-state index >= 15 is 0 Å². The van der Waals surface area contributed by atoms with Gasteiger partial charge in [-0.1, -0.05) is 0 Å². The molecule has 4 rings (SSSR count).